The van der Waals surface area contributed by atoms with Gasteiger partial charge < -0.3 is 15.0 Å². The largest absolute Gasteiger partial charge is 0.495 e. The van der Waals surface area contributed by atoms with Gasteiger partial charge in [0.15, 0.2) is 0 Å². The number of unbranched alkanes of at least 4 members (excludes halogenated alkanes) is 1. The molecule has 0 aliphatic heterocycles. The van der Waals surface area contributed by atoms with Crippen molar-refractivity contribution in [1.82, 2.24) is 10.2 Å². The predicted molar refractivity (Wildman–Crippen MR) is 135 cm³/mol. The molecule has 0 fully saturated rings. The van der Waals surface area contributed by atoms with Crippen LogP contribution in [0.4, 0.5) is 5.69 Å². The molecule has 1 atom stereocenters. The molecule has 2 rings (SSSR count). The number of benzene rings is 2. The Kier molecular flexibility index (Phi) is 10.2. The van der Waals surface area contributed by atoms with E-state index in [0.29, 0.717) is 17.3 Å². The SMILES string of the molecule is CCCCNC(=O)[C@@H](C)N(Cc1ccc(Cl)cc1)C(=O)CN(c1ccccc1OC)S(C)(=O)=O. The molecule has 0 aromatic heterocycles. The smallest absolute Gasteiger partial charge is 0.244 e. The fourth-order valence-electron chi connectivity index (χ4n) is 3.34. The van der Waals surface area contributed by atoms with E-state index in [2.05, 4.69) is 5.32 Å². The molecule has 0 aliphatic rings. The van der Waals surface area contributed by atoms with Gasteiger partial charge in [-0.1, -0.05) is 49.2 Å². The van der Waals surface area contributed by atoms with E-state index in [9.17, 15) is 18.0 Å². The second kappa shape index (κ2) is 12.6. The maximum atomic E-state index is 13.5. The molecule has 2 aromatic carbocycles. The normalized spacial score (nSPS) is 12.0. The lowest BCUT2D eigenvalue weighted by Crippen LogP contribution is -2.51. The molecule has 0 saturated heterocycles. The number of methoxy groups -OCH3 is 1. The minimum Gasteiger partial charge on any atom is -0.495 e. The molecule has 186 valence electrons. The molecule has 0 aliphatic carbocycles. The summed E-state index contributed by atoms with van der Waals surface area (Å²) in [6, 6.07) is 12.7. The van der Waals surface area contributed by atoms with Gasteiger partial charge in [-0.3, -0.25) is 13.9 Å². The summed E-state index contributed by atoms with van der Waals surface area (Å²) >= 11 is 5.98. The number of sulfonamides is 1. The van der Waals surface area contributed by atoms with Crippen LogP contribution in [0.3, 0.4) is 0 Å². The van der Waals surface area contributed by atoms with E-state index in [1.165, 1.54) is 12.0 Å². The molecule has 34 heavy (non-hydrogen) atoms. The van der Waals surface area contributed by atoms with Gasteiger partial charge in [0.1, 0.15) is 18.3 Å². The van der Waals surface area contributed by atoms with Gasteiger partial charge in [0, 0.05) is 18.1 Å². The Morgan fingerprint density at radius 3 is 2.35 bits per heavy atom. The van der Waals surface area contributed by atoms with Crippen molar-refractivity contribution in [3.05, 3.63) is 59.1 Å². The average molecular weight is 510 g/mol. The number of hydrogen-bond acceptors (Lipinski definition) is 5. The zero-order chi connectivity index (χ0) is 25.3. The quantitative estimate of drug-likeness (QED) is 0.442. The van der Waals surface area contributed by atoms with E-state index >= 15 is 0 Å². The first-order valence-electron chi connectivity index (χ1n) is 11.0. The molecular weight excluding hydrogens is 478 g/mol. The maximum Gasteiger partial charge on any atom is 0.244 e. The van der Waals surface area contributed by atoms with Crippen molar-refractivity contribution in [2.24, 2.45) is 0 Å². The van der Waals surface area contributed by atoms with Gasteiger partial charge in [-0.05, 0) is 43.2 Å². The summed E-state index contributed by atoms with van der Waals surface area (Å²) in [6.07, 6.45) is 2.76. The highest BCUT2D eigenvalue weighted by Gasteiger charge is 2.31. The standard InChI is InChI=1S/C24H32ClN3O5S/c1-5-6-15-26-24(30)18(2)27(16-19-11-13-20(25)14-12-19)23(29)17-28(34(4,31)32)21-9-7-8-10-22(21)33-3/h7-14,18H,5-6,15-17H2,1-4H3,(H,26,30)/t18-/m1/s1. The third-order valence-corrected chi connectivity index (χ3v) is 6.67. The summed E-state index contributed by atoms with van der Waals surface area (Å²) in [5.74, 6) is -0.515. The van der Waals surface area contributed by atoms with Crippen LogP contribution in [-0.4, -0.2) is 57.6 Å². The highest BCUT2D eigenvalue weighted by molar-refractivity contribution is 7.92. The van der Waals surface area contributed by atoms with Crippen LogP contribution < -0.4 is 14.4 Å². The maximum absolute atomic E-state index is 13.5. The van der Waals surface area contributed by atoms with Crippen molar-refractivity contribution in [3.8, 4) is 5.75 Å². The van der Waals surface area contributed by atoms with E-state index in [1.807, 2.05) is 6.92 Å². The molecule has 8 nitrogen and oxygen atoms in total. The Morgan fingerprint density at radius 1 is 1.12 bits per heavy atom. The van der Waals surface area contributed by atoms with Crippen molar-refractivity contribution in [3.63, 3.8) is 0 Å². The Bertz CT molecular complexity index is 1080. The number of anilines is 1. The molecule has 0 unspecified atom stereocenters. The molecule has 2 aromatic rings. The van der Waals surface area contributed by atoms with Crippen LogP contribution in [0.15, 0.2) is 48.5 Å². The number of hydrogen-bond donors (Lipinski definition) is 1. The number of carbonyl (C=O) groups is 2. The second-order valence-electron chi connectivity index (χ2n) is 7.91. The summed E-state index contributed by atoms with van der Waals surface area (Å²) in [5, 5.41) is 3.39. The number of amides is 2. The van der Waals surface area contributed by atoms with Gasteiger partial charge in [-0.2, -0.15) is 0 Å². The van der Waals surface area contributed by atoms with E-state index in [0.717, 1.165) is 29.0 Å². The van der Waals surface area contributed by atoms with Crippen molar-refractivity contribution >= 4 is 39.1 Å². The number of ether oxygens (including phenoxy) is 1. The first-order valence-corrected chi connectivity index (χ1v) is 13.2. The van der Waals surface area contributed by atoms with E-state index in [-0.39, 0.29) is 18.1 Å². The third kappa shape index (κ3) is 7.63. The van der Waals surface area contributed by atoms with Crippen molar-refractivity contribution in [2.45, 2.75) is 39.3 Å². The Hall–Kier alpha value is -2.78. The van der Waals surface area contributed by atoms with Crippen LogP contribution in [0.1, 0.15) is 32.3 Å². The van der Waals surface area contributed by atoms with Gasteiger partial charge in [0.25, 0.3) is 0 Å². The zero-order valence-corrected chi connectivity index (χ0v) is 21.5. The lowest BCUT2D eigenvalue weighted by molar-refractivity contribution is -0.139. The number of nitrogens with one attached hydrogen (secondary N) is 1. The number of rotatable bonds is 12. The summed E-state index contributed by atoms with van der Waals surface area (Å²) in [6.45, 7) is 3.77. The fraction of sp³-hybridized carbons (Fsp3) is 0.417. The summed E-state index contributed by atoms with van der Waals surface area (Å²) in [4.78, 5) is 27.6. The molecule has 10 heteroatoms. The Labute approximate surface area is 206 Å². The lowest BCUT2D eigenvalue weighted by Gasteiger charge is -2.31. The van der Waals surface area contributed by atoms with Gasteiger partial charge >= 0.3 is 0 Å². The first-order chi connectivity index (χ1) is 16.1. The van der Waals surface area contributed by atoms with Crippen LogP contribution in [0.25, 0.3) is 0 Å². The predicted octanol–water partition coefficient (Wildman–Crippen LogP) is 3.45. The molecule has 2 amide bonds. The first kappa shape index (κ1) is 27.5. The fourth-order valence-corrected chi connectivity index (χ4v) is 4.31. The topological polar surface area (TPSA) is 96.0 Å². The third-order valence-electron chi connectivity index (χ3n) is 5.30. The van der Waals surface area contributed by atoms with Crippen LogP contribution >= 0.6 is 11.6 Å². The van der Waals surface area contributed by atoms with E-state index in [1.54, 1.807) is 55.5 Å². The van der Waals surface area contributed by atoms with Gasteiger partial charge in [-0.15, -0.1) is 0 Å². The number of nitrogens with zero attached hydrogens (tertiary/aromatic N) is 2. The molecule has 0 heterocycles. The minimum atomic E-state index is -3.83. The van der Waals surface area contributed by atoms with Crippen molar-refractivity contribution < 1.29 is 22.7 Å². The van der Waals surface area contributed by atoms with Gasteiger partial charge in [0.05, 0.1) is 19.1 Å². The average Bonchev–Trinajstić information content (AvgIpc) is 2.81. The summed E-state index contributed by atoms with van der Waals surface area (Å²) in [7, 11) is -2.41. The number of carbonyl (C=O) groups excluding carboxylic acids is 2. The molecule has 0 saturated carbocycles. The number of para-hydroxylation sites is 2. The van der Waals surface area contributed by atoms with Crippen molar-refractivity contribution in [2.75, 3.05) is 30.8 Å². The van der Waals surface area contributed by atoms with Crippen molar-refractivity contribution in [1.29, 1.82) is 0 Å². The highest BCUT2D eigenvalue weighted by Crippen LogP contribution is 2.29. The lowest BCUT2D eigenvalue weighted by atomic mass is 10.1. The van der Waals surface area contributed by atoms with Gasteiger partial charge in [0.2, 0.25) is 21.8 Å². The second-order valence-corrected chi connectivity index (χ2v) is 10.3. The minimum absolute atomic E-state index is 0.113. The molecule has 0 radical (unpaired) electrons. The molecular formula is C24H32ClN3O5S. The van der Waals surface area contributed by atoms with E-state index in [4.69, 9.17) is 16.3 Å². The van der Waals surface area contributed by atoms with Crippen LogP contribution in [0.2, 0.25) is 5.02 Å². The Balaban J connectivity index is 2.37. The highest BCUT2D eigenvalue weighted by atomic mass is 35.5. The van der Waals surface area contributed by atoms with Crippen LogP contribution in [0.5, 0.6) is 5.75 Å². The Morgan fingerprint density at radius 2 is 1.76 bits per heavy atom. The van der Waals surface area contributed by atoms with Gasteiger partial charge in [-0.25, -0.2) is 8.42 Å². The number of halogens is 1. The molecule has 0 bridgehead atoms. The summed E-state index contributed by atoms with van der Waals surface area (Å²) < 4.78 is 31.6. The zero-order valence-electron chi connectivity index (χ0n) is 20.0. The monoisotopic (exact) mass is 509 g/mol. The van der Waals surface area contributed by atoms with Crippen LogP contribution in [-0.2, 0) is 26.2 Å². The molecule has 0 spiro atoms. The van der Waals surface area contributed by atoms with E-state index < -0.39 is 28.5 Å². The van der Waals surface area contributed by atoms with Crippen LogP contribution in [0, 0.1) is 0 Å². The summed E-state index contributed by atoms with van der Waals surface area (Å²) in [5.41, 5.74) is 1.00. The molecule has 1 N–H and O–H groups in total.